The van der Waals surface area contributed by atoms with Crippen molar-refractivity contribution in [2.24, 2.45) is 0 Å². The SMILES string of the molecule is COC(=O)c1ccc(NC(=O)CCc2cnn(-c3ccccc3)c2)cc1. The first kappa shape index (κ1) is 17.4. The quantitative estimate of drug-likeness (QED) is 0.694. The van der Waals surface area contributed by atoms with Crippen LogP contribution in [0.4, 0.5) is 5.69 Å². The second kappa shape index (κ2) is 8.11. The molecule has 1 amide bonds. The number of para-hydroxylation sites is 1. The Labute approximate surface area is 151 Å². The summed E-state index contributed by atoms with van der Waals surface area (Å²) in [6.07, 6.45) is 4.64. The average molecular weight is 349 g/mol. The summed E-state index contributed by atoms with van der Waals surface area (Å²) in [5.41, 5.74) is 3.06. The van der Waals surface area contributed by atoms with Gasteiger partial charge in [0.25, 0.3) is 0 Å². The van der Waals surface area contributed by atoms with Crippen molar-refractivity contribution in [1.82, 2.24) is 9.78 Å². The largest absolute Gasteiger partial charge is 0.465 e. The van der Waals surface area contributed by atoms with Gasteiger partial charge in [-0.05, 0) is 48.4 Å². The van der Waals surface area contributed by atoms with Gasteiger partial charge in [-0.1, -0.05) is 18.2 Å². The highest BCUT2D eigenvalue weighted by Crippen LogP contribution is 2.12. The van der Waals surface area contributed by atoms with Crippen LogP contribution in [0.15, 0.2) is 67.0 Å². The number of carbonyl (C=O) groups is 2. The van der Waals surface area contributed by atoms with Gasteiger partial charge in [0.15, 0.2) is 0 Å². The number of benzene rings is 2. The third kappa shape index (κ3) is 4.36. The lowest BCUT2D eigenvalue weighted by Gasteiger charge is -2.05. The molecule has 3 rings (SSSR count). The monoisotopic (exact) mass is 349 g/mol. The van der Waals surface area contributed by atoms with Crippen molar-refractivity contribution in [3.8, 4) is 5.69 Å². The molecule has 3 aromatic rings. The number of aryl methyl sites for hydroxylation is 1. The standard InChI is InChI=1S/C20H19N3O3/c1-26-20(25)16-8-10-17(11-9-16)22-19(24)12-7-15-13-21-23(14-15)18-5-3-2-4-6-18/h2-6,8-11,13-14H,7,12H2,1H3,(H,22,24). The van der Waals surface area contributed by atoms with E-state index < -0.39 is 5.97 Å². The molecule has 0 fully saturated rings. The van der Waals surface area contributed by atoms with Crippen molar-refractivity contribution in [1.29, 1.82) is 0 Å². The Morgan fingerprint density at radius 3 is 2.50 bits per heavy atom. The van der Waals surface area contributed by atoms with Gasteiger partial charge >= 0.3 is 5.97 Å². The number of ether oxygens (including phenoxy) is 1. The van der Waals surface area contributed by atoms with Gasteiger partial charge in [-0.25, -0.2) is 9.48 Å². The van der Waals surface area contributed by atoms with Gasteiger partial charge < -0.3 is 10.1 Å². The van der Waals surface area contributed by atoms with E-state index in [1.807, 2.05) is 36.5 Å². The third-order valence-corrected chi connectivity index (χ3v) is 3.89. The molecule has 132 valence electrons. The van der Waals surface area contributed by atoms with Gasteiger partial charge in [-0.2, -0.15) is 5.10 Å². The number of amides is 1. The number of esters is 1. The highest BCUT2D eigenvalue weighted by atomic mass is 16.5. The Morgan fingerprint density at radius 1 is 1.08 bits per heavy atom. The highest BCUT2D eigenvalue weighted by molar-refractivity contribution is 5.93. The van der Waals surface area contributed by atoms with Gasteiger partial charge in [0.05, 0.1) is 24.6 Å². The number of nitrogens with zero attached hydrogens (tertiary/aromatic N) is 2. The van der Waals surface area contributed by atoms with E-state index in [-0.39, 0.29) is 5.91 Å². The van der Waals surface area contributed by atoms with Crippen LogP contribution in [0.25, 0.3) is 5.69 Å². The minimum Gasteiger partial charge on any atom is -0.465 e. The van der Waals surface area contributed by atoms with E-state index in [0.717, 1.165) is 11.3 Å². The minimum absolute atomic E-state index is 0.0942. The lowest BCUT2D eigenvalue weighted by molar-refractivity contribution is -0.116. The molecule has 1 N–H and O–H groups in total. The number of anilines is 1. The second-order valence-corrected chi connectivity index (χ2v) is 5.75. The maximum atomic E-state index is 12.1. The van der Waals surface area contributed by atoms with E-state index in [1.54, 1.807) is 35.1 Å². The van der Waals surface area contributed by atoms with Crippen LogP contribution in [0.3, 0.4) is 0 Å². The van der Waals surface area contributed by atoms with Crippen LogP contribution in [-0.4, -0.2) is 28.8 Å². The van der Waals surface area contributed by atoms with Crippen molar-refractivity contribution >= 4 is 17.6 Å². The van der Waals surface area contributed by atoms with E-state index in [4.69, 9.17) is 0 Å². The molecular formula is C20H19N3O3. The molecule has 1 aromatic heterocycles. The molecule has 0 aliphatic rings. The molecule has 2 aromatic carbocycles. The summed E-state index contributed by atoms with van der Waals surface area (Å²) < 4.78 is 6.43. The fraction of sp³-hybridized carbons (Fsp3) is 0.150. The summed E-state index contributed by atoms with van der Waals surface area (Å²) in [5, 5.41) is 7.14. The van der Waals surface area contributed by atoms with Gasteiger partial charge in [-0.3, -0.25) is 4.79 Å². The summed E-state index contributed by atoms with van der Waals surface area (Å²) in [6.45, 7) is 0. The van der Waals surface area contributed by atoms with Crippen molar-refractivity contribution in [2.45, 2.75) is 12.8 Å². The fourth-order valence-corrected chi connectivity index (χ4v) is 2.50. The summed E-state index contributed by atoms with van der Waals surface area (Å²) >= 11 is 0. The molecule has 0 bridgehead atoms. The number of methoxy groups -OCH3 is 1. The Hall–Kier alpha value is -3.41. The number of hydrogen-bond donors (Lipinski definition) is 1. The van der Waals surface area contributed by atoms with E-state index >= 15 is 0 Å². The molecule has 0 saturated heterocycles. The molecule has 0 atom stereocenters. The summed E-state index contributed by atoms with van der Waals surface area (Å²) in [4.78, 5) is 23.5. The fourth-order valence-electron chi connectivity index (χ4n) is 2.50. The Kier molecular flexibility index (Phi) is 5.43. The van der Waals surface area contributed by atoms with Gasteiger partial charge in [0.2, 0.25) is 5.91 Å². The first-order valence-corrected chi connectivity index (χ1v) is 8.23. The molecule has 0 unspecified atom stereocenters. The zero-order valence-electron chi connectivity index (χ0n) is 14.4. The Morgan fingerprint density at radius 2 is 1.81 bits per heavy atom. The van der Waals surface area contributed by atoms with Crippen LogP contribution in [0, 0.1) is 0 Å². The van der Waals surface area contributed by atoms with Crippen LogP contribution < -0.4 is 5.32 Å². The van der Waals surface area contributed by atoms with Gasteiger partial charge in [0, 0.05) is 18.3 Å². The zero-order valence-corrected chi connectivity index (χ0v) is 14.4. The van der Waals surface area contributed by atoms with Crippen molar-refractivity contribution in [3.05, 3.63) is 78.1 Å². The highest BCUT2D eigenvalue weighted by Gasteiger charge is 2.08. The van der Waals surface area contributed by atoms with E-state index in [1.165, 1.54) is 7.11 Å². The Bertz CT molecular complexity index is 886. The molecule has 0 spiro atoms. The average Bonchev–Trinajstić information content (AvgIpc) is 3.16. The first-order valence-electron chi connectivity index (χ1n) is 8.23. The van der Waals surface area contributed by atoms with Crippen LogP contribution in [0.2, 0.25) is 0 Å². The van der Waals surface area contributed by atoms with E-state index in [2.05, 4.69) is 15.2 Å². The van der Waals surface area contributed by atoms with E-state index in [9.17, 15) is 9.59 Å². The first-order chi connectivity index (χ1) is 12.7. The topological polar surface area (TPSA) is 73.2 Å². The lowest BCUT2D eigenvalue weighted by atomic mass is 10.2. The predicted molar refractivity (Wildman–Crippen MR) is 98.3 cm³/mol. The number of nitrogens with one attached hydrogen (secondary N) is 1. The summed E-state index contributed by atoms with van der Waals surface area (Å²) in [5.74, 6) is -0.499. The van der Waals surface area contributed by atoms with Gasteiger partial charge in [-0.15, -0.1) is 0 Å². The molecule has 6 nitrogen and oxygen atoms in total. The third-order valence-electron chi connectivity index (χ3n) is 3.89. The maximum absolute atomic E-state index is 12.1. The molecule has 0 aliphatic heterocycles. The molecule has 6 heteroatoms. The normalized spacial score (nSPS) is 10.3. The summed E-state index contributed by atoms with van der Waals surface area (Å²) in [6, 6.07) is 16.4. The van der Waals surface area contributed by atoms with Crippen molar-refractivity contribution in [2.75, 3.05) is 12.4 Å². The van der Waals surface area contributed by atoms with Crippen LogP contribution in [-0.2, 0) is 16.0 Å². The predicted octanol–water partition coefficient (Wildman–Crippen LogP) is 3.23. The molecule has 0 radical (unpaired) electrons. The molecule has 26 heavy (non-hydrogen) atoms. The van der Waals surface area contributed by atoms with Crippen molar-refractivity contribution in [3.63, 3.8) is 0 Å². The number of hydrogen-bond acceptors (Lipinski definition) is 4. The Balaban J connectivity index is 1.53. The number of aromatic nitrogens is 2. The van der Waals surface area contributed by atoms with Crippen LogP contribution in [0.1, 0.15) is 22.3 Å². The second-order valence-electron chi connectivity index (χ2n) is 5.75. The molecule has 0 saturated carbocycles. The van der Waals surface area contributed by atoms with Crippen molar-refractivity contribution < 1.29 is 14.3 Å². The lowest BCUT2D eigenvalue weighted by Crippen LogP contribution is -2.12. The zero-order chi connectivity index (χ0) is 18.4. The number of carbonyl (C=O) groups excluding carboxylic acids is 2. The minimum atomic E-state index is -0.404. The maximum Gasteiger partial charge on any atom is 0.337 e. The molecule has 1 heterocycles. The van der Waals surface area contributed by atoms with E-state index in [0.29, 0.717) is 24.1 Å². The van der Waals surface area contributed by atoms with Crippen LogP contribution in [0.5, 0.6) is 0 Å². The molecule has 0 aliphatic carbocycles. The molecular weight excluding hydrogens is 330 g/mol. The van der Waals surface area contributed by atoms with Gasteiger partial charge in [0.1, 0.15) is 0 Å². The smallest absolute Gasteiger partial charge is 0.337 e. The van der Waals surface area contributed by atoms with Crippen LogP contribution >= 0.6 is 0 Å². The summed E-state index contributed by atoms with van der Waals surface area (Å²) in [7, 11) is 1.33. The number of rotatable bonds is 6.